The Balaban J connectivity index is 4.61. The lowest BCUT2D eigenvalue weighted by Gasteiger charge is -2.46. The first-order valence-electron chi connectivity index (χ1n) is 6.25. The second-order valence-corrected chi connectivity index (χ2v) is 6.54. The maximum atomic E-state index is 2.41. The lowest BCUT2D eigenvalue weighted by molar-refractivity contribution is 0.0351. The van der Waals surface area contributed by atoms with E-state index in [0.29, 0.717) is 10.8 Å². The molecule has 0 N–H and O–H groups in total. The zero-order valence-electron chi connectivity index (χ0n) is 12.0. The molecule has 0 fully saturated rings. The number of hydrogen-bond acceptors (Lipinski definition) is 0. The molecule has 0 radical (unpaired) electrons. The quantitative estimate of drug-likeness (QED) is 0.553. The van der Waals surface area contributed by atoms with Crippen molar-refractivity contribution in [3.8, 4) is 0 Å². The van der Waals surface area contributed by atoms with Gasteiger partial charge in [-0.1, -0.05) is 60.6 Å². The Hall–Kier alpha value is -0.260. The molecule has 0 aliphatic heterocycles. The molecular formula is C15H30. The number of hydrogen-bond donors (Lipinski definition) is 0. The summed E-state index contributed by atoms with van der Waals surface area (Å²) in [7, 11) is 0. The van der Waals surface area contributed by atoms with Gasteiger partial charge in [-0.25, -0.2) is 0 Å². The van der Waals surface area contributed by atoms with E-state index in [2.05, 4.69) is 67.5 Å². The van der Waals surface area contributed by atoms with Gasteiger partial charge in [-0.2, -0.15) is 0 Å². The van der Waals surface area contributed by atoms with E-state index in [1.54, 1.807) is 0 Å². The van der Waals surface area contributed by atoms with Crippen LogP contribution in [0.25, 0.3) is 0 Å². The average molecular weight is 210 g/mol. The minimum atomic E-state index is 0.372. The molecule has 0 saturated carbocycles. The average Bonchev–Trinajstić information content (AvgIpc) is 2.10. The summed E-state index contributed by atoms with van der Waals surface area (Å²) in [6.45, 7) is 18.8. The van der Waals surface area contributed by atoms with Crippen LogP contribution >= 0.6 is 0 Å². The maximum absolute atomic E-state index is 2.41. The Bertz CT molecular complexity index is 203. The molecule has 0 heterocycles. The van der Waals surface area contributed by atoms with E-state index in [0.717, 1.165) is 11.8 Å². The van der Waals surface area contributed by atoms with Crippen LogP contribution in [0.2, 0.25) is 0 Å². The molecule has 2 unspecified atom stereocenters. The van der Waals surface area contributed by atoms with Crippen LogP contribution in [0, 0.1) is 22.7 Å². The fraction of sp³-hybridized carbons (Fsp3) is 0.867. The second kappa shape index (κ2) is 5.18. The van der Waals surface area contributed by atoms with Crippen molar-refractivity contribution in [1.82, 2.24) is 0 Å². The van der Waals surface area contributed by atoms with Crippen molar-refractivity contribution in [2.45, 2.75) is 61.8 Å². The summed E-state index contributed by atoms with van der Waals surface area (Å²) >= 11 is 0. The Morgan fingerprint density at radius 3 is 1.80 bits per heavy atom. The van der Waals surface area contributed by atoms with Gasteiger partial charge in [0.15, 0.2) is 0 Å². The molecule has 0 nitrogen and oxygen atoms in total. The van der Waals surface area contributed by atoms with Crippen molar-refractivity contribution >= 4 is 0 Å². The molecule has 0 aliphatic rings. The van der Waals surface area contributed by atoms with Crippen LogP contribution in [-0.2, 0) is 0 Å². The molecule has 0 spiro atoms. The lowest BCUT2D eigenvalue weighted by Crippen LogP contribution is -2.38. The van der Waals surface area contributed by atoms with Crippen LogP contribution in [0.4, 0.5) is 0 Å². The second-order valence-electron chi connectivity index (χ2n) is 6.54. The molecule has 0 amide bonds. The molecule has 0 aromatic carbocycles. The highest BCUT2D eigenvalue weighted by molar-refractivity contribution is 4.91. The molecule has 0 aromatic rings. The first-order chi connectivity index (χ1) is 6.64. The molecule has 0 aliphatic carbocycles. The third-order valence-corrected chi connectivity index (χ3v) is 4.67. The van der Waals surface area contributed by atoms with Gasteiger partial charge in [-0.05, 0) is 36.0 Å². The normalized spacial score (nSPS) is 18.1. The zero-order valence-corrected chi connectivity index (χ0v) is 12.0. The van der Waals surface area contributed by atoms with Crippen LogP contribution in [0.3, 0.4) is 0 Å². The van der Waals surface area contributed by atoms with E-state index in [4.69, 9.17) is 0 Å². The van der Waals surface area contributed by atoms with Crippen LogP contribution in [0.15, 0.2) is 12.2 Å². The molecule has 15 heavy (non-hydrogen) atoms. The minimum absolute atomic E-state index is 0.372. The third kappa shape index (κ3) is 3.66. The zero-order chi connectivity index (χ0) is 12.3. The maximum Gasteiger partial charge on any atom is -0.0277 e. The summed E-state index contributed by atoms with van der Waals surface area (Å²) in [6.07, 6.45) is 5.66. The summed E-state index contributed by atoms with van der Waals surface area (Å²) in [5.74, 6) is 1.50. The summed E-state index contributed by atoms with van der Waals surface area (Å²) in [5, 5.41) is 0. The van der Waals surface area contributed by atoms with Crippen molar-refractivity contribution in [2.75, 3.05) is 0 Å². The smallest absolute Gasteiger partial charge is 0.0277 e. The summed E-state index contributed by atoms with van der Waals surface area (Å²) in [4.78, 5) is 0. The largest absolute Gasteiger partial charge is 0.0917 e. The van der Waals surface area contributed by atoms with Crippen molar-refractivity contribution in [3.63, 3.8) is 0 Å². The fourth-order valence-electron chi connectivity index (χ4n) is 1.95. The summed E-state index contributed by atoms with van der Waals surface area (Å²) in [6, 6.07) is 0. The highest BCUT2D eigenvalue weighted by Gasteiger charge is 2.39. The van der Waals surface area contributed by atoms with Gasteiger partial charge in [0.1, 0.15) is 0 Å². The highest BCUT2D eigenvalue weighted by Crippen LogP contribution is 2.47. The third-order valence-electron chi connectivity index (χ3n) is 4.67. The van der Waals surface area contributed by atoms with Crippen LogP contribution in [-0.4, -0.2) is 0 Å². The van der Waals surface area contributed by atoms with Gasteiger partial charge >= 0.3 is 0 Å². The highest BCUT2D eigenvalue weighted by atomic mass is 14.4. The van der Waals surface area contributed by atoms with E-state index in [9.17, 15) is 0 Å². The van der Waals surface area contributed by atoms with Crippen LogP contribution in [0.5, 0.6) is 0 Å². The number of allylic oxidation sites excluding steroid dienone is 2. The predicted octanol–water partition coefficient (Wildman–Crippen LogP) is 5.30. The Labute approximate surface area is 97.2 Å². The van der Waals surface area contributed by atoms with Gasteiger partial charge in [0.25, 0.3) is 0 Å². The lowest BCUT2D eigenvalue weighted by atomic mass is 9.59. The number of rotatable bonds is 4. The van der Waals surface area contributed by atoms with E-state index in [1.807, 2.05) is 0 Å². The first-order valence-corrected chi connectivity index (χ1v) is 6.25. The van der Waals surface area contributed by atoms with Gasteiger partial charge in [0.2, 0.25) is 0 Å². The van der Waals surface area contributed by atoms with Crippen LogP contribution < -0.4 is 0 Å². The molecule has 2 atom stereocenters. The van der Waals surface area contributed by atoms with Gasteiger partial charge in [-0.3, -0.25) is 0 Å². The van der Waals surface area contributed by atoms with Crippen LogP contribution in [0.1, 0.15) is 61.8 Å². The van der Waals surface area contributed by atoms with Gasteiger partial charge < -0.3 is 0 Å². The Morgan fingerprint density at radius 1 is 1.00 bits per heavy atom. The standard InChI is InChI=1S/C15H30/c1-9-10-11-12(2)13(3)15(7,8)14(4,5)6/h9-10,12-13H,11H2,1-8H3. The molecule has 0 rings (SSSR count). The molecule has 0 saturated heterocycles. The topological polar surface area (TPSA) is 0 Å². The van der Waals surface area contributed by atoms with Crippen molar-refractivity contribution in [1.29, 1.82) is 0 Å². The summed E-state index contributed by atoms with van der Waals surface area (Å²) < 4.78 is 0. The van der Waals surface area contributed by atoms with Gasteiger partial charge in [-0.15, -0.1) is 0 Å². The Kier molecular flexibility index (Phi) is 5.09. The van der Waals surface area contributed by atoms with E-state index >= 15 is 0 Å². The van der Waals surface area contributed by atoms with Gasteiger partial charge in [0, 0.05) is 0 Å². The predicted molar refractivity (Wildman–Crippen MR) is 71.0 cm³/mol. The molecule has 0 aromatic heterocycles. The molecule has 0 bridgehead atoms. The SMILES string of the molecule is CC=CCC(C)C(C)C(C)(C)C(C)(C)C. The summed E-state index contributed by atoms with van der Waals surface area (Å²) in [5.41, 5.74) is 0.755. The van der Waals surface area contributed by atoms with E-state index < -0.39 is 0 Å². The first kappa shape index (κ1) is 14.7. The van der Waals surface area contributed by atoms with E-state index in [-0.39, 0.29) is 0 Å². The molecular weight excluding hydrogens is 180 g/mol. The molecule has 90 valence electrons. The molecule has 0 heteroatoms. The monoisotopic (exact) mass is 210 g/mol. The van der Waals surface area contributed by atoms with E-state index in [1.165, 1.54) is 6.42 Å². The van der Waals surface area contributed by atoms with Gasteiger partial charge in [0.05, 0.1) is 0 Å². The fourth-order valence-corrected chi connectivity index (χ4v) is 1.95. The Morgan fingerprint density at radius 2 is 1.47 bits per heavy atom. The van der Waals surface area contributed by atoms with Crippen molar-refractivity contribution < 1.29 is 0 Å². The minimum Gasteiger partial charge on any atom is -0.0917 e. The van der Waals surface area contributed by atoms with Crippen molar-refractivity contribution in [2.24, 2.45) is 22.7 Å². The van der Waals surface area contributed by atoms with Crippen molar-refractivity contribution in [3.05, 3.63) is 12.2 Å².